The van der Waals surface area contributed by atoms with Crippen molar-refractivity contribution < 1.29 is 4.57 Å². The first-order valence-electron chi connectivity index (χ1n) is 6.58. The van der Waals surface area contributed by atoms with Gasteiger partial charge in [0.1, 0.15) is 12.4 Å². The van der Waals surface area contributed by atoms with Crippen LogP contribution in [0.2, 0.25) is 0 Å². The van der Waals surface area contributed by atoms with Crippen LogP contribution in [0.4, 0.5) is 0 Å². The molecule has 2 rings (SSSR count). The molecule has 0 bridgehead atoms. The van der Waals surface area contributed by atoms with Crippen molar-refractivity contribution in [2.75, 3.05) is 19.6 Å². The van der Waals surface area contributed by atoms with Crippen molar-refractivity contribution in [2.24, 2.45) is 7.05 Å². The van der Waals surface area contributed by atoms with Crippen LogP contribution in [0.5, 0.6) is 0 Å². The molecule has 0 radical (unpaired) electrons. The number of nitrogens with zero attached hydrogens (tertiary/aromatic N) is 3. The Morgan fingerprint density at radius 3 is 2.50 bits per heavy atom. The van der Waals surface area contributed by atoms with Gasteiger partial charge in [0, 0.05) is 0 Å². The molecule has 0 amide bonds. The SMILES string of the molecule is C[n+]1ccn(CCCCN2CCCCC2)c1. The first-order chi connectivity index (χ1) is 7.84. The summed E-state index contributed by atoms with van der Waals surface area (Å²) in [4.78, 5) is 2.62. The molecule has 0 spiro atoms. The van der Waals surface area contributed by atoms with Gasteiger partial charge < -0.3 is 4.90 Å². The zero-order valence-electron chi connectivity index (χ0n) is 10.4. The zero-order chi connectivity index (χ0) is 11.2. The van der Waals surface area contributed by atoms with E-state index in [2.05, 4.69) is 39.8 Å². The molecule has 0 saturated carbocycles. The molecule has 1 aromatic heterocycles. The zero-order valence-corrected chi connectivity index (χ0v) is 10.4. The minimum atomic E-state index is 1.16. The van der Waals surface area contributed by atoms with Crippen molar-refractivity contribution in [3.8, 4) is 0 Å². The Balaban J connectivity index is 1.57. The lowest BCUT2D eigenvalue weighted by Crippen LogP contribution is -2.30. The third-order valence-electron chi connectivity index (χ3n) is 3.41. The van der Waals surface area contributed by atoms with Gasteiger partial charge in [0.05, 0.1) is 13.6 Å². The van der Waals surface area contributed by atoms with Crippen LogP contribution in [0.25, 0.3) is 0 Å². The summed E-state index contributed by atoms with van der Waals surface area (Å²) in [6.45, 7) is 5.12. The van der Waals surface area contributed by atoms with Crippen molar-refractivity contribution in [1.82, 2.24) is 9.47 Å². The van der Waals surface area contributed by atoms with E-state index in [1.165, 1.54) is 51.7 Å². The van der Waals surface area contributed by atoms with E-state index < -0.39 is 0 Å². The fraction of sp³-hybridized carbons (Fsp3) is 0.769. The number of rotatable bonds is 5. The molecular formula is C13H24N3+. The summed E-state index contributed by atoms with van der Waals surface area (Å²) < 4.78 is 4.38. The fourth-order valence-electron chi connectivity index (χ4n) is 2.45. The number of aromatic nitrogens is 2. The third kappa shape index (κ3) is 3.63. The van der Waals surface area contributed by atoms with E-state index in [1.54, 1.807) is 0 Å². The smallest absolute Gasteiger partial charge is 0.243 e. The molecule has 1 fully saturated rings. The molecule has 2 heterocycles. The van der Waals surface area contributed by atoms with Gasteiger partial charge in [-0.3, -0.25) is 0 Å². The molecule has 0 atom stereocenters. The summed E-state index contributed by atoms with van der Waals surface area (Å²) >= 11 is 0. The third-order valence-corrected chi connectivity index (χ3v) is 3.41. The van der Waals surface area contributed by atoms with Crippen molar-refractivity contribution in [1.29, 1.82) is 0 Å². The second-order valence-electron chi connectivity index (χ2n) is 4.93. The van der Waals surface area contributed by atoms with Gasteiger partial charge >= 0.3 is 0 Å². The van der Waals surface area contributed by atoms with E-state index >= 15 is 0 Å². The van der Waals surface area contributed by atoms with E-state index in [0.29, 0.717) is 0 Å². The van der Waals surface area contributed by atoms with Crippen molar-refractivity contribution in [3.05, 3.63) is 18.7 Å². The Kier molecular flexibility index (Phi) is 4.40. The molecule has 90 valence electrons. The van der Waals surface area contributed by atoms with E-state index in [4.69, 9.17) is 0 Å². The van der Waals surface area contributed by atoms with E-state index in [0.717, 1.165) is 6.54 Å². The van der Waals surface area contributed by atoms with Crippen LogP contribution < -0.4 is 4.57 Å². The van der Waals surface area contributed by atoms with Gasteiger partial charge in [-0.25, -0.2) is 9.13 Å². The van der Waals surface area contributed by atoms with Gasteiger partial charge in [-0.1, -0.05) is 6.42 Å². The predicted octanol–water partition coefficient (Wildman–Crippen LogP) is 1.58. The molecule has 1 aliphatic rings. The summed E-state index contributed by atoms with van der Waals surface area (Å²) in [7, 11) is 2.07. The van der Waals surface area contributed by atoms with Gasteiger partial charge in [-0.05, 0) is 45.3 Å². The van der Waals surface area contributed by atoms with Gasteiger partial charge in [0.25, 0.3) is 0 Å². The summed E-state index contributed by atoms with van der Waals surface area (Å²) in [6, 6.07) is 0. The Labute approximate surface area is 98.7 Å². The number of piperidine rings is 1. The number of hydrogen-bond acceptors (Lipinski definition) is 1. The normalized spacial score (nSPS) is 17.8. The molecule has 0 unspecified atom stereocenters. The Hall–Kier alpha value is -0.830. The first kappa shape index (κ1) is 11.6. The second kappa shape index (κ2) is 6.04. The number of aryl methyl sites for hydroxylation is 2. The van der Waals surface area contributed by atoms with Gasteiger partial charge in [0.15, 0.2) is 0 Å². The molecule has 1 aromatic rings. The highest BCUT2D eigenvalue weighted by molar-refractivity contribution is 4.67. The molecule has 3 nitrogen and oxygen atoms in total. The Morgan fingerprint density at radius 1 is 1.06 bits per heavy atom. The second-order valence-corrected chi connectivity index (χ2v) is 4.93. The Morgan fingerprint density at radius 2 is 1.81 bits per heavy atom. The number of unbranched alkanes of at least 4 members (excludes halogenated alkanes) is 1. The first-order valence-corrected chi connectivity index (χ1v) is 6.58. The molecule has 0 N–H and O–H groups in total. The van der Waals surface area contributed by atoms with Crippen LogP contribution in [0.3, 0.4) is 0 Å². The molecule has 0 aromatic carbocycles. The highest BCUT2D eigenvalue weighted by Crippen LogP contribution is 2.09. The number of imidazole rings is 1. The topological polar surface area (TPSA) is 12.0 Å². The molecule has 3 heteroatoms. The van der Waals surface area contributed by atoms with E-state index in [9.17, 15) is 0 Å². The lowest BCUT2D eigenvalue weighted by molar-refractivity contribution is -0.671. The maximum Gasteiger partial charge on any atom is 0.243 e. The Bertz CT molecular complexity index is 300. The predicted molar refractivity (Wildman–Crippen MR) is 65.1 cm³/mol. The minimum absolute atomic E-state index is 1.16. The highest BCUT2D eigenvalue weighted by atomic mass is 15.1. The summed E-state index contributed by atoms with van der Waals surface area (Å²) in [5.41, 5.74) is 0. The van der Waals surface area contributed by atoms with Gasteiger partial charge in [-0.15, -0.1) is 0 Å². The summed E-state index contributed by atoms with van der Waals surface area (Å²) in [5, 5.41) is 0. The maximum atomic E-state index is 2.62. The van der Waals surface area contributed by atoms with Crippen molar-refractivity contribution in [3.63, 3.8) is 0 Å². The number of likely N-dealkylation sites (tertiary alicyclic amines) is 1. The average molecular weight is 222 g/mol. The molecule has 0 aliphatic carbocycles. The van der Waals surface area contributed by atoms with Gasteiger partial charge in [0.2, 0.25) is 6.33 Å². The average Bonchev–Trinajstić information content (AvgIpc) is 2.72. The highest BCUT2D eigenvalue weighted by Gasteiger charge is 2.09. The molecule has 1 saturated heterocycles. The molecule has 1 aliphatic heterocycles. The standard InChI is InChI=1S/C13H24N3/c1-14-11-12-16(13-14)10-6-5-9-15-7-3-2-4-8-15/h11-13H,2-10H2,1H3/q+1. The quantitative estimate of drug-likeness (QED) is 0.544. The lowest BCUT2D eigenvalue weighted by atomic mass is 10.1. The van der Waals surface area contributed by atoms with Gasteiger partial charge in [-0.2, -0.15) is 0 Å². The van der Waals surface area contributed by atoms with E-state index in [-0.39, 0.29) is 0 Å². The van der Waals surface area contributed by atoms with Crippen LogP contribution in [0, 0.1) is 0 Å². The van der Waals surface area contributed by atoms with Crippen LogP contribution in [-0.4, -0.2) is 29.1 Å². The van der Waals surface area contributed by atoms with Crippen LogP contribution >= 0.6 is 0 Å². The maximum absolute atomic E-state index is 2.62. The monoisotopic (exact) mass is 222 g/mol. The largest absolute Gasteiger partial charge is 0.303 e. The fourth-order valence-corrected chi connectivity index (χ4v) is 2.45. The van der Waals surface area contributed by atoms with Crippen molar-refractivity contribution >= 4 is 0 Å². The summed E-state index contributed by atoms with van der Waals surface area (Å²) in [6.07, 6.45) is 13.3. The number of hydrogen-bond donors (Lipinski definition) is 0. The van der Waals surface area contributed by atoms with Crippen LogP contribution in [-0.2, 0) is 13.6 Å². The van der Waals surface area contributed by atoms with E-state index in [1.807, 2.05) is 0 Å². The van der Waals surface area contributed by atoms with Crippen molar-refractivity contribution in [2.45, 2.75) is 38.6 Å². The van der Waals surface area contributed by atoms with Crippen LogP contribution in [0.1, 0.15) is 32.1 Å². The summed E-state index contributed by atoms with van der Waals surface area (Å²) in [5.74, 6) is 0. The minimum Gasteiger partial charge on any atom is -0.303 e. The van der Waals surface area contributed by atoms with Crippen LogP contribution in [0.15, 0.2) is 18.7 Å². The molecule has 16 heavy (non-hydrogen) atoms. The lowest BCUT2D eigenvalue weighted by Gasteiger charge is -2.26. The molecular weight excluding hydrogens is 198 g/mol.